The van der Waals surface area contributed by atoms with Gasteiger partial charge in [-0.3, -0.25) is 0 Å². The second kappa shape index (κ2) is 7.37. The van der Waals surface area contributed by atoms with Gasteiger partial charge in [-0.05, 0) is 12.1 Å². The molecular formula is C13H11ClF2N2O3S. The lowest BCUT2D eigenvalue weighted by molar-refractivity contribution is 0.0606. The fourth-order valence-electron chi connectivity index (χ4n) is 1.49. The summed E-state index contributed by atoms with van der Waals surface area (Å²) in [5.74, 6) is -2.25. The smallest absolute Gasteiger partial charge is 0.351 e. The number of hydrogen-bond donors (Lipinski definition) is 1. The summed E-state index contributed by atoms with van der Waals surface area (Å²) < 4.78 is 35.5. The van der Waals surface area contributed by atoms with Gasteiger partial charge in [-0.1, -0.05) is 22.9 Å². The van der Waals surface area contributed by atoms with Gasteiger partial charge in [0.15, 0.2) is 26.8 Å². The zero-order valence-electron chi connectivity index (χ0n) is 11.4. The van der Waals surface area contributed by atoms with E-state index in [0.717, 1.165) is 23.5 Å². The molecule has 0 unspecified atom stereocenters. The van der Waals surface area contributed by atoms with E-state index in [9.17, 15) is 13.6 Å². The number of halogens is 3. The molecule has 0 spiro atoms. The van der Waals surface area contributed by atoms with Crippen LogP contribution >= 0.6 is 22.9 Å². The molecule has 0 radical (unpaired) electrons. The molecule has 0 fully saturated rings. The largest absolute Gasteiger partial charge is 0.492 e. The molecule has 1 aromatic heterocycles. The predicted molar refractivity (Wildman–Crippen MR) is 78.8 cm³/mol. The molecule has 0 saturated carbocycles. The van der Waals surface area contributed by atoms with Gasteiger partial charge in [0.1, 0.15) is 12.4 Å². The predicted octanol–water partition coefficient (Wildman–Crippen LogP) is 3.35. The van der Waals surface area contributed by atoms with Crippen LogP contribution in [0.25, 0.3) is 0 Å². The number of ether oxygens (including phenoxy) is 2. The van der Waals surface area contributed by atoms with Crippen molar-refractivity contribution in [3.05, 3.63) is 39.9 Å². The molecule has 0 amide bonds. The van der Waals surface area contributed by atoms with Crippen LogP contribution < -0.4 is 10.1 Å². The van der Waals surface area contributed by atoms with Crippen molar-refractivity contribution < 1.29 is 23.0 Å². The van der Waals surface area contributed by atoms with Gasteiger partial charge in [-0.25, -0.2) is 18.6 Å². The number of esters is 1. The van der Waals surface area contributed by atoms with E-state index in [4.69, 9.17) is 16.3 Å². The zero-order valence-corrected chi connectivity index (χ0v) is 12.9. The van der Waals surface area contributed by atoms with Crippen molar-refractivity contribution in [3.8, 4) is 5.75 Å². The Morgan fingerprint density at radius 1 is 1.41 bits per heavy atom. The molecule has 0 aliphatic heterocycles. The monoisotopic (exact) mass is 348 g/mol. The van der Waals surface area contributed by atoms with Gasteiger partial charge >= 0.3 is 5.97 Å². The van der Waals surface area contributed by atoms with E-state index in [-0.39, 0.29) is 22.4 Å². The molecule has 1 aromatic carbocycles. The molecule has 1 N–H and O–H groups in total. The van der Waals surface area contributed by atoms with Crippen molar-refractivity contribution in [2.24, 2.45) is 0 Å². The molecule has 1 heterocycles. The van der Waals surface area contributed by atoms with Crippen molar-refractivity contribution in [2.75, 3.05) is 25.6 Å². The molecule has 0 aliphatic carbocycles. The van der Waals surface area contributed by atoms with Crippen molar-refractivity contribution in [2.45, 2.75) is 0 Å². The zero-order chi connectivity index (χ0) is 16.1. The summed E-state index contributed by atoms with van der Waals surface area (Å²) in [5.41, 5.74) is 0. The Hall–Kier alpha value is -1.93. The number of methoxy groups -OCH3 is 1. The van der Waals surface area contributed by atoms with Gasteiger partial charge in [0, 0.05) is 6.07 Å². The fraction of sp³-hybridized carbons (Fsp3) is 0.231. The SMILES string of the molecule is COC(=O)c1sc(NCCOc2ccc(F)c(F)c2)nc1Cl. The first kappa shape index (κ1) is 16.4. The third kappa shape index (κ3) is 4.05. The number of hydrogen-bond acceptors (Lipinski definition) is 6. The molecule has 0 atom stereocenters. The van der Waals surface area contributed by atoms with Crippen LogP contribution in [-0.2, 0) is 4.74 Å². The maximum absolute atomic E-state index is 13.0. The van der Waals surface area contributed by atoms with Gasteiger partial charge in [0.2, 0.25) is 0 Å². The quantitative estimate of drug-likeness (QED) is 0.640. The molecular weight excluding hydrogens is 338 g/mol. The van der Waals surface area contributed by atoms with Crippen LogP contribution in [0.4, 0.5) is 13.9 Å². The number of benzene rings is 1. The number of carbonyl (C=O) groups is 1. The van der Waals surface area contributed by atoms with Crippen molar-refractivity contribution in [1.29, 1.82) is 0 Å². The second-order valence-corrected chi connectivity index (χ2v) is 5.34. The summed E-state index contributed by atoms with van der Waals surface area (Å²) in [5, 5.41) is 3.39. The highest BCUT2D eigenvalue weighted by Crippen LogP contribution is 2.27. The first-order valence-electron chi connectivity index (χ1n) is 6.07. The average molecular weight is 349 g/mol. The van der Waals surface area contributed by atoms with Crippen molar-refractivity contribution in [3.63, 3.8) is 0 Å². The molecule has 0 bridgehead atoms. The average Bonchev–Trinajstić information content (AvgIpc) is 2.87. The second-order valence-electron chi connectivity index (χ2n) is 3.98. The van der Waals surface area contributed by atoms with Crippen LogP contribution in [0.5, 0.6) is 5.75 Å². The number of aromatic nitrogens is 1. The maximum atomic E-state index is 13.0. The topological polar surface area (TPSA) is 60.5 Å². The first-order chi connectivity index (χ1) is 10.5. The fourth-order valence-corrected chi connectivity index (χ4v) is 2.62. The Balaban J connectivity index is 1.84. The van der Waals surface area contributed by atoms with Crippen LogP contribution in [0.2, 0.25) is 5.15 Å². The molecule has 2 rings (SSSR count). The third-order valence-corrected chi connectivity index (χ3v) is 3.87. The van der Waals surface area contributed by atoms with E-state index < -0.39 is 17.6 Å². The standard InChI is InChI=1S/C13H11ClF2N2O3S/c1-20-12(19)10-11(14)18-13(22-10)17-4-5-21-7-2-3-8(15)9(16)6-7/h2-3,6H,4-5H2,1H3,(H,17,18). The van der Waals surface area contributed by atoms with Gasteiger partial charge < -0.3 is 14.8 Å². The van der Waals surface area contributed by atoms with Crippen LogP contribution in [-0.4, -0.2) is 31.2 Å². The van der Waals surface area contributed by atoms with Gasteiger partial charge in [0.05, 0.1) is 13.7 Å². The third-order valence-electron chi connectivity index (χ3n) is 2.49. The summed E-state index contributed by atoms with van der Waals surface area (Å²) in [4.78, 5) is 15.5. The first-order valence-corrected chi connectivity index (χ1v) is 7.27. The van der Waals surface area contributed by atoms with E-state index in [1.807, 2.05) is 0 Å². The molecule has 0 aliphatic rings. The lowest BCUT2D eigenvalue weighted by atomic mass is 10.3. The van der Waals surface area contributed by atoms with Crippen LogP contribution in [0.1, 0.15) is 9.67 Å². The maximum Gasteiger partial charge on any atom is 0.351 e. The van der Waals surface area contributed by atoms with E-state index in [1.54, 1.807) is 0 Å². The van der Waals surface area contributed by atoms with Gasteiger partial charge in [-0.2, -0.15) is 0 Å². The van der Waals surface area contributed by atoms with Gasteiger partial charge in [0.25, 0.3) is 0 Å². The van der Waals surface area contributed by atoms with Crippen LogP contribution in [0, 0.1) is 11.6 Å². The molecule has 5 nitrogen and oxygen atoms in total. The van der Waals surface area contributed by atoms with Crippen molar-refractivity contribution >= 4 is 34.0 Å². The Morgan fingerprint density at radius 3 is 2.86 bits per heavy atom. The Kier molecular flexibility index (Phi) is 5.51. The summed E-state index contributed by atoms with van der Waals surface area (Å²) in [6, 6.07) is 3.28. The summed E-state index contributed by atoms with van der Waals surface area (Å²) in [6.07, 6.45) is 0. The summed E-state index contributed by atoms with van der Waals surface area (Å²) >= 11 is 6.86. The summed E-state index contributed by atoms with van der Waals surface area (Å²) in [7, 11) is 1.25. The Morgan fingerprint density at radius 2 is 2.18 bits per heavy atom. The minimum absolute atomic E-state index is 0.0564. The highest BCUT2D eigenvalue weighted by molar-refractivity contribution is 7.18. The van der Waals surface area contributed by atoms with E-state index in [2.05, 4.69) is 15.0 Å². The minimum Gasteiger partial charge on any atom is -0.492 e. The number of anilines is 1. The Labute approximate surface area is 133 Å². The molecule has 118 valence electrons. The van der Waals surface area contributed by atoms with E-state index in [1.165, 1.54) is 13.2 Å². The van der Waals surface area contributed by atoms with Crippen LogP contribution in [0.15, 0.2) is 18.2 Å². The normalized spacial score (nSPS) is 10.4. The van der Waals surface area contributed by atoms with E-state index in [0.29, 0.717) is 11.7 Å². The number of carbonyl (C=O) groups excluding carboxylic acids is 1. The highest BCUT2D eigenvalue weighted by atomic mass is 35.5. The molecule has 0 saturated heterocycles. The van der Waals surface area contributed by atoms with Gasteiger partial charge in [-0.15, -0.1) is 0 Å². The number of rotatable bonds is 6. The molecule has 2 aromatic rings. The molecule has 22 heavy (non-hydrogen) atoms. The Bertz CT molecular complexity index is 681. The lowest BCUT2D eigenvalue weighted by Gasteiger charge is -2.06. The lowest BCUT2D eigenvalue weighted by Crippen LogP contribution is -2.11. The summed E-state index contributed by atoms with van der Waals surface area (Å²) in [6.45, 7) is 0.527. The van der Waals surface area contributed by atoms with E-state index >= 15 is 0 Å². The number of thiazole rings is 1. The number of nitrogens with zero attached hydrogens (tertiary/aromatic N) is 1. The number of nitrogens with one attached hydrogen (secondary N) is 1. The minimum atomic E-state index is -0.972. The highest BCUT2D eigenvalue weighted by Gasteiger charge is 2.16. The molecule has 9 heteroatoms. The van der Waals surface area contributed by atoms with Crippen molar-refractivity contribution in [1.82, 2.24) is 4.98 Å². The van der Waals surface area contributed by atoms with Crippen LogP contribution in [0.3, 0.4) is 0 Å².